The third-order valence-corrected chi connectivity index (χ3v) is 3.64. The first kappa shape index (κ1) is 15.4. The summed E-state index contributed by atoms with van der Waals surface area (Å²) in [7, 11) is 0. The molecule has 1 heterocycles. The maximum absolute atomic E-state index is 10.4. The van der Waals surface area contributed by atoms with Crippen LogP contribution in [0.2, 0.25) is 10.0 Å². The van der Waals surface area contributed by atoms with Crippen LogP contribution in [0.4, 0.5) is 0 Å². The molecular weight excluding hydrogens is 295 g/mol. The molecule has 0 aliphatic carbocycles. The molecule has 1 aromatic heterocycles. The Morgan fingerprint density at radius 1 is 1.30 bits per heavy atom. The first-order valence-corrected chi connectivity index (χ1v) is 7.19. The predicted octanol–water partition coefficient (Wildman–Crippen LogP) is 4.22. The monoisotopic (exact) mass is 312 g/mol. The molecule has 1 unspecified atom stereocenters. The van der Waals surface area contributed by atoms with Crippen molar-refractivity contribution >= 4 is 23.2 Å². The summed E-state index contributed by atoms with van der Waals surface area (Å²) in [4.78, 5) is 4.37. The summed E-state index contributed by atoms with van der Waals surface area (Å²) in [5.74, 6) is 0.932. The molecule has 20 heavy (non-hydrogen) atoms. The average Bonchev–Trinajstić information content (AvgIpc) is 2.76. The van der Waals surface area contributed by atoms with Crippen molar-refractivity contribution in [1.82, 2.24) is 9.55 Å². The van der Waals surface area contributed by atoms with Gasteiger partial charge < -0.3 is 9.67 Å². The van der Waals surface area contributed by atoms with Gasteiger partial charge in [0.05, 0.1) is 12.6 Å². The van der Waals surface area contributed by atoms with E-state index in [2.05, 4.69) is 25.8 Å². The van der Waals surface area contributed by atoms with Gasteiger partial charge >= 0.3 is 0 Å². The Labute approximate surface area is 129 Å². The molecule has 0 saturated heterocycles. The molecule has 0 saturated carbocycles. The van der Waals surface area contributed by atoms with Gasteiger partial charge in [-0.15, -0.1) is 0 Å². The molecule has 2 rings (SSSR count). The first-order chi connectivity index (χ1) is 9.29. The van der Waals surface area contributed by atoms with Crippen LogP contribution in [0.3, 0.4) is 0 Å². The SMILES string of the molecule is CC(C)(C)c1nccn1CC(O)c1ccc(Cl)cc1Cl. The van der Waals surface area contributed by atoms with Gasteiger partial charge in [-0.05, 0) is 12.1 Å². The van der Waals surface area contributed by atoms with E-state index in [0.717, 1.165) is 5.82 Å². The molecule has 0 bridgehead atoms. The summed E-state index contributed by atoms with van der Waals surface area (Å²) < 4.78 is 1.95. The van der Waals surface area contributed by atoms with Gasteiger partial charge in [-0.2, -0.15) is 0 Å². The van der Waals surface area contributed by atoms with E-state index in [1.807, 2.05) is 10.8 Å². The van der Waals surface area contributed by atoms with Gasteiger partial charge in [0.25, 0.3) is 0 Å². The normalized spacial score (nSPS) is 13.5. The molecule has 1 N–H and O–H groups in total. The van der Waals surface area contributed by atoms with E-state index in [1.54, 1.807) is 24.4 Å². The fourth-order valence-electron chi connectivity index (χ4n) is 2.16. The Balaban J connectivity index is 2.24. The fourth-order valence-corrected chi connectivity index (χ4v) is 2.69. The molecule has 1 atom stereocenters. The number of imidazole rings is 1. The highest BCUT2D eigenvalue weighted by molar-refractivity contribution is 6.35. The second-order valence-electron chi connectivity index (χ2n) is 5.83. The summed E-state index contributed by atoms with van der Waals surface area (Å²) in [5.41, 5.74) is 0.595. The van der Waals surface area contributed by atoms with Gasteiger partial charge in [-0.1, -0.05) is 50.0 Å². The minimum absolute atomic E-state index is 0.0764. The number of nitrogens with zero attached hydrogens (tertiary/aromatic N) is 2. The van der Waals surface area contributed by atoms with Gasteiger partial charge in [0.2, 0.25) is 0 Å². The van der Waals surface area contributed by atoms with E-state index in [4.69, 9.17) is 23.2 Å². The fraction of sp³-hybridized carbons (Fsp3) is 0.400. The summed E-state index contributed by atoms with van der Waals surface area (Å²) in [6.45, 7) is 6.68. The second kappa shape index (κ2) is 5.76. The number of halogens is 2. The van der Waals surface area contributed by atoms with Crippen LogP contribution in [-0.4, -0.2) is 14.7 Å². The molecular formula is C15H18Cl2N2O. The van der Waals surface area contributed by atoms with E-state index in [0.29, 0.717) is 22.2 Å². The van der Waals surface area contributed by atoms with Crippen molar-refractivity contribution in [3.63, 3.8) is 0 Å². The average molecular weight is 313 g/mol. The van der Waals surface area contributed by atoms with E-state index < -0.39 is 6.10 Å². The first-order valence-electron chi connectivity index (χ1n) is 6.43. The minimum Gasteiger partial charge on any atom is -0.386 e. The largest absolute Gasteiger partial charge is 0.386 e. The number of benzene rings is 1. The van der Waals surface area contributed by atoms with Crippen LogP contribution in [0.5, 0.6) is 0 Å². The van der Waals surface area contributed by atoms with Gasteiger partial charge in [0.15, 0.2) is 0 Å². The maximum Gasteiger partial charge on any atom is 0.114 e. The smallest absolute Gasteiger partial charge is 0.114 e. The Morgan fingerprint density at radius 2 is 2.00 bits per heavy atom. The number of aliphatic hydroxyl groups is 1. The van der Waals surface area contributed by atoms with Crippen LogP contribution in [0.1, 0.15) is 38.3 Å². The molecule has 0 aliphatic rings. The zero-order valence-electron chi connectivity index (χ0n) is 11.8. The van der Waals surface area contributed by atoms with Crippen molar-refractivity contribution in [1.29, 1.82) is 0 Å². The van der Waals surface area contributed by atoms with Gasteiger partial charge in [-0.25, -0.2) is 4.98 Å². The molecule has 0 fully saturated rings. The van der Waals surface area contributed by atoms with Crippen LogP contribution in [0.15, 0.2) is 30.6 Å². The number of aliphatic hydroxyl groups excluding tert-OH is 1. The highest BCUT2D eigenvalue weighted by Crippen LogP contribution is 2.28. The highest BCUT2D eigenvalue weighted by atomic mass is 35.5. The molecule has 0 spiro atoms. The number of aromatic nitrogens is 2. The molecule has 0 aliphatic heterocycles. The zero-order valence-corrected chi connectivity index (χ0v) is 13.3. The highest BCUT2D eigenvalue weighted by Gasteiger charge is 2.21. The number of rotatable bonds is 3. The topological polar surface area (TPSA) is 38.0 Å². The Kier molecular flexibility index (Phi) is 4.43. The summed E-state index contributed by atoms with van der Waals surface area (Å²) >= 11 is 12.0. The quantitative estimate of drug-likeness (QED) is 0.921. The molecule has 2 aromatic rings. The molecule has 3 nitrogen and oxygen atoms in total. The van der Waals surface area contributed by atoms with Crippen molar-refractivity contribution in [2.75, 3.05) is 0 Å². The van der Waals surface area contributed by atoms with Crippen LogP contribution in [0, 0.1) is 0 Å². The van der Waals surface area contributed by atoms with Crippen LogP contribution in [-0.2, 0) is 12.0 Å². The third-order valence-electron chi connectivity index (χ3n) is 3.08. The van der Waals surface area contributed by atoms with Crippen LogP contribution >= 0.6 is 23.2 Å². The number of hydrogen-bond donors (Lipinski definition) is 1. The summed E-state index contributed by atoms with van der Waals surface area (Å²) in [6.07, 6.45) is 2.92. The second-order valence-corrected chi connectivity index (χ2v) is 6.68. The van der Waals surface area contributed by atoms with Crippen molar-refractivity contribution in [2.24, 2.45) is 0 Å². The van der Waals surface area contributed by atoms with Crippen molar-refractivity contribution in [2.45, 2.75) is 38.8 Å². The van der Waals surface area contributed by atoms with E-state index in [1.165, 1.54) is 0 Å². The number of hydrogen-bond acceptors (Lipinski definition) is 2. The molecule has 5 heteroatoms. The molecule has 108 valence electrons. The molecule has 0 radical (unpaired) electrons. The van der Waals surface area contributed by atoms with Gasteiger partial charge in [0.1, 0.15) is 5.82 Å². The Bertz CT molecular complexity index is 602. The van der Waals surface area contributed by atoms with Crippen molar-refractivity contribution in [3.05, 3.63) is 52.0 Å². The van der Waals surface area contributed by atoms with Crippen LogP contribution < -0.4 is 0 Å². The maximum atomic E-state index is 10.4. The van der Waals surface area contributed by atoms with E-state index >= 15 is 0 Å². The van der Waals surface area contributed by atoms with Gasteiger partial charge in [-0.3, -0.25) is 0 Å². The summed E-state index contributed by atoms with van der Waals surface area (Å²) in [6, 6.07) is 5.12. The molecule has 1 aromatic carbocycles. The van der Waals surface area contributed by atoms with Crippen molar-refractivity contribution in [3.8, 4) is 0 Å². The van der Waals surface area contributed by atoms with E-state index in [-0.39, 0.29) is 5.41 Å². The van der Waals surface area contributed by atoms with E-state index in [9.17, 15) is 5.11 Å². The van der Waals surface area contributed by atoms with Crippen LogP contribution in [0.25, 0.3) is 0 Å². The third kappa shape index (κ3) is 3.35. The van der Waals surface area contributed by atoms with Crippen molar-refractivity contribution < 1.29 is 5.11 Å². The summed E-state index contributed by atoms with van der Waals surface area (Å²) in [5, 5.41) is 11.4. The van der Waals surface area contributed by atoms with Gasteiger partial charge in [0, 0.05) is 33.4 Å². The lowest BCUT2D eigenvalue weighted by Crippen LogP contribution is -2.21. The molecule has 0 amide bonds. The minimum atomic E-state index is -0.699. The lowest BCUT2D eigenvalue weighted by molar-refractivity contribution is 0.154. The lowest BCUT2D eigenvalue weighted by Gasteiger charge is -2.22. The zero-order chi connectivity index (χ0) is 14.9. The standard InChI is InChI=1S/C15H18Cl2N2O/c1-15(2,3)14-18-6-7-19(14)9-13(20)11-5-4-10(16)8-12(11)17/h4-8,13,20H,9H2,1-3H3. The lowest BCUT2D eigenvalue weighted by atomic mass is 9.95. The predicted molar refractivity (Wildman–Crippen MR) is 82.3 cm³/mol. The Hall–Kier alpha value is -1.03. The Morgan fingerprint density at radius 3 is 2.60 bits per heavy atom.